The molecule has 1 fully saturated rings. The monoisotopic (exact) mass is 375 g/mol. The molecule has 2 N–H and O–H groups in total. The Labute approximate surface area is 155 Å². The van der Waals surface area contributed by atoms with Crippen molar-refractivity contribution in [2.45, 2.75) is 18.8 Å². The highest BCUT2D eigenvalue weighted by molar-refractivity contribution is 5.88. The Morgan fingerprint density at radius 1 is 1.22 bits per heavy atom. The van der Waals surface area contributed by atoms with Crippen LogP contribution in [0.3, 0.4) is 0 Å². The van der Waals surface area contributed by atoms with Crippen molar-refractivity contribution < 1.29 is 28.2 Å². The van der Waals surface area contributed by atoms with Gasteiger partial charge in [-0.3, -0.25) is 4.79 Å². The Balaban J connectivity index is 1.56. The van der Waals surface area contributed by atoms with Crippen LogP contribution in [0.1, 0.15) is 33.8 Å². The molecule has 0 radical (unpaired) electrons. The number of carbonyl (C=O) groups excluding carboxylic acids is 1. The molecule has 0 bridgehead atoms. The van der Waals surface area contributed by atoms with E-state index in [1.165, 1.54) is 37.4 Å². The summed E-state index contributed by atoms with van der Waals surface area (Å²) in [6.45, 7) is 0.310. The third kappa shape index (κ3) is 4.07. The van der Waals surface area contributed by atoms with Crippen LogP contribution in [0.25, 0.3) is 0 Å². The molecule has 27 heavy (non-hydrogen) atoms. The molecule has 2 unspecified atom stereocenters. The van der Waals surface area contributed by atoms with E-state index in [2.05, 4.69) is 5.32 Å². The Bertz CT molecular complexity index is 864. The van der Waals surface area contributed by atoms with Gasteiger partial charge in [0.25, 0.3) is 0 Å². The second kappa shape index (κ2) is 7.73. The summed E-state index contributed by atoms with van der Waals surface area (Å²) >= 11 is 0. The van der Waals surface area contributed by atoms with Crippen LogP contribution >= 0.6 is 0 Å². The summed E-state index contributed by atoms with van der Waals surface area (Å²) in [4.78, 5) is 23.2. The molecule has 3 rings (SSSR count). The van der Waals surface area contributed by atoms with Crippen molar-refractivity contribution in [3.63, 3.8) is 0 Å². The van der Waals surface area contributed by atoms with E-state index in [0.717, 1.165) is 5.56 Å². The van der Waals surface area contributed by atoms with Crippen LogP contribution < -0.4 is 10.1 Å². The molecule has 2 aromatic rings. The number of aromatic carboxylic acids is 1. The quantitative estimate of drug-likeness (QED) is 0.780. The number of rotatable bonds is 7. The van der Waals surface area contributed by atoms with Gasteiger partial charge in [-0.1, -0.05) is 12.1 Å². The van der Waals surface area contributed by atoms with Crippen LogP contribution in [-0.4, -0.2) is 30.6 Å². The van der Waals surface area contributed by atoms with E-state index in [1.54, 1.807) is 6.07 Å². The number of carbonyl (C=O) groups is 2. The summed E-state index contributed by atoms with van der Waals surface area (Å²) in [6, 6.07) is 8.23. The number of carboxylic acids is 1. The van der Waals surface area contributed by atoms with Gasteiger partial charge in [0.1, 0.15) is 17.4 Å². The van der Waals surface area contributed by atoms with Gasteiger partial charge in [-0.2, -0.15) is 0 Å². The largest absolute Gasteiger partial charge is 0.496 e. The van der Waals surface area contributed by atoms with E-state index in [1.807, 2.05) is 0 Å². The fourth-order valence-electron chi connectivity index (χ4n) is 3.20. The zero-order chi connectivity index (χ0) is 19.6. The molecular formula is C20H19F2NO4. The van der Waals surface area contributed by atoms with Crippen molar-refractivity contribution in [1.82, 2.24) is 5.32 Å². The van der Waals surface area contributed by atoms with E-state index < -0.39 is 29.4 Å². The minimum atomic E-state index is -1.05. The van der Waals surface area contributed by atoms with Crippen LogP contribution in [0.15, 0.2) is 36.4 Å². The molecule has 0 aliphatic heterocycles. The number of hydrogen-bond acceptors (Lipinski definition) is 3. The van der Waals surface area contributed by atoms with E-state index in [0.29, 0.717) is 25.1 Å². The molecule has 2 aromatic carbocycles. The van der Waals surface area contributed by atoms with Crippen LogP contribution in [0.2, 0.25) is 0 Å². The number of benzene rings is 2. The van der Waals surface area contributed by atoms with Crippen LogP contribution in [0, 0.1) is 17.6 Å². The van der Waals surface area contributed by atoms with Crippen molar-refractivity contribution in [3.05, 3.63) is 64.7 Å². The zero-order valence-corrected chi connectivity index (χ0v) is 14.7. The van der Waals surface area contributed by atoms with Crippen molar-refractivity contribution in [2.24, 2.45) is 5.92 Å². The number of nitrogens with one attached hydrogen (secondary N) is 1. The van der Waals surface area contributed by atoms with E-state index in [-0.39, 0.29) is 17.0 Å². The fraction of sp³-hybridized carbons (Fsp3) is 0.300. The Hall–Kier alpha value is -2.96. The summed E-state index contributed by atoms with van der Waals surface area (Å²) in [5.74, 6) is -2.99. The minimum Gasteiger partial charge on any atom is -0.496 e. The average molecular weight is 375 g/mol. The number of amides is 1. The molecule has 0 heterocycles. The molecule has 0 spiro atoms. The summed E-state index contributed by atoms with van der Waals surface area (Å²) in [7, 11) is 1.45. The standard InChI is InChI=1S/C20H19F2NO4/c1-27-17-9-12(20(25)26)6-5-11(17)7-8-23-19(24)14-10-13(14)18-15(21)3-2-4-16(18)22/h2-6,9,13-14H,7-8,10H2,1H3,(H,23,24)(H,25,26). The first-order chi connectivity index (χ1) is 12.9. The molecule has 1 aliphatic rings. The topological polar surface area (TPSA) is 75.6 Å². The lowest BCUT2D eigenvalue weighted by Crippen LogP contribution is -2.27. The molecule has 1 amide bonds. The van der Waals surface area contributed by atoms with Gasteiger partial charge in [0.2, 0.25) is 5.91 Å². The van der Waals surface area contributed by atoms with Gasteiger partial charge in [-0.05, 0) is 42.7 Å². The number of halogens is 2. The van der Waals surface area contributed by atoms with Gasteiger partial charge >= 0.3 is 5.97 Å². The molecule has 2 atom stereocenters. The Morgan fingerprint density at radius 3 is 2.56 bits per heavy atom. The van der Waals surface area contributed by atoms with E-state index in [4.69, 9.17) is 9.84 Å². The van der Waals surface area contributed by atoms with E-state index in [9.17, 15) is 18.4 Å². The highest BCUT2D eigenvalue weighted by Gasteiger charge is 2.46. The lowest BCUT2D eigenvalue weighted by Gasteiger charge is -2.10. The second-order valence-electron chi connectivity index (χ2n) is 6.46. The number of hydrogen-bond donors (Lipinski definition) is 2. The predicted octanol–water partition coefficient (Wildman–Crippen LogP) is 3.13. The second-order valence-corrected chi connectivity index (χ2v) is 6.46. The van der Waals surface area contributed by atoms with Crippen molar-refractivity contribution in [2.75, 3.05) is 13.7 Å². The maximum absolute atomic E-state index is 13.8. The SMILES string of the molecule is COc1cc(C(=O)O)ccc1CCNC(=O)C1CC1c1c(F)cccc1F. The van der Waals surface area contributed by atoms with Crippen molar-refractivity contribution >= 4 is 11.9 Å². The molecule has 142 valence electrons. The van der Waals surface area contributed by atoms with Gasteiger partial charge in [-0.15, -0.1) is 0 Å². The molecule has 0 saturated heterocycles. The lowest BCUT2D eigenvalue weighted by atomic mass is 10.1. The Kier molecular flexibility index (Phi) is 5.39. The van der Waals surface area contributed by atoms with E-state index >= 15 is 0 Å². The molecular weight excluding hydrogens is 356 g/mol. The number of methoxy groups -OCH3 is 1. The van der Waals surface area contributed by atoms with Gasteiger partial charge in [0, 0.05) is 23.9 Å². The van der Waals surface area contributed by atoms with Crippen molar-refractivity contribution in [1.29, 1.82) is 0 Å². The van der Waals surface area contributed by atoms with Gasteiger partial charge in [0.15, 0.2) is 0 Å². The maximum Gasteiger partial charge on any atom is 0.335 e. The van der Waals surface area contributed by atoms with Gasteiger partial charge < -0.3 is 15.2 Å². The smallest absolute Gasteiger partial charge is 0.335 e. The summed E-state index contributed by atoms with van der Waals surface area (Å²) in [5.41, 5.74) is 0.853. The summed E-state index contributed by atoms with van der Waals surface area (Å²) in [5, 5.41) is 11.8. The predicted molar refractivity (Wildman–Crippen MR) is 93.9 cm³/mol. The highest BCUT2D eigenvalue weighted by atomic mass is 19.1. The van der Waals surface area contributed by atoms with Crippen LogP contribution in [0.5, 0.6) is 5.75 Å². The lowest BCUT2D eigenvalue weighted by molar-refractivity contribution is -0.122. The third-order valence-corrected chi connectivity index (χ3v) is 4.73. The molecule has 0 aromatic heterocycles. The maximum atomic E-state index is 13.8. The fourth-order valence-corrected chi connectivity index (χ4v) is 3.20. The summed E-state index contributed by atoms with van der Waals surface area (Å²) in [6.07, 6.45) is 0.862. The number of ether oxygens (including phenoxy) is 1. The van der Waals surface area contributed by atoms with Gasteiger partial charge in [0.05, 0.1) is 12.7 Å². The average Bonchev–Trinajstić information content (AvgIpc) is 3.42. The molecule has 1 saturated carbocycles. The zero-order valence-electron chi connectivity index (χ0n) is 14.7. The Morgan fingerprint density at radius 2 is 1.93 bits per heavy atom. The normalized spacial score (nSPS) is 18.0. The first-order valence-corrected chi connectivity index (χ1v) is 8.54. The molecule has 7 heteroatoms. The van der Waals surface area contributed by atoms with Crippen molar-refractivity contribution in [3.8, 4) is 5.75 Å². The van der Waals surface area contributed by atoms with Crippen LogP contribution in [0.4, 0.5) is 8.78 Å². The molecule has 1 aliphatic carbocycles. The summed E-state index contributed by atoms with van der Waals surface area (Å²) < 4.78 is 32.8. The number of carboxylic acid groups (broad SMARTS) is 1. The van der Waals surface area contributed by atoms with Crippen LogP contribution in [-0.2, 0) is 11.2 Å². The third-order valence-electron chi connectivity index (χ3n) is 4.73. The minimum absolute atomic E-state index is 0.0245. The van der Waals surface area contributed by atoms with Gasteiger partial charge in [-0.25, -0.2) is 13.6 Å². The first kappa shape index (κ1) is 18.8. The first-order valence-electron chi connectivity index (χ1n) is 8.54. The highest BCUT2D eigenvalue weighted by Crippen LogP contribution is 2.49. The molecule has 5 nitrogen and oxygen atoms in total.